The molecule has 0 bridgehead atoms. The first-order chi connectivity index (χ1) is 12.1. The Bertz CT molecular complexity index is 961. The van der Waals surface area contributed by atoms with Gasteiger partial charge in [0.2, 0.25) is 0 Å². The van der Waals surface area contributed by atoms with E-state index >= 15 is 0 Å². The topological polar surface area (TPSA) is 57.5 Å². The van der Waals surface area contributed by atoms with Gasteiger partial charge in [0.05, 0.1) is 29.8 Å². The van der Waals surface area contributed by atoms with Crippen molar-refractivity contribution in [2.45, 2.75) is 6.92 Å². The van der Waals surface area contributed by atoms with Crippen LogP contribution in [-0.2, 0) is 4.74 Å². The van der Waals surface area contributed by atoms with Gasteiger partial charge in [-0.1, -0.05) is 29.8 Å². The standard InChI is InChI=1S/C19H16ClNO4/c1-3-25-17-9-8-12(10-15(17)20)18(22)21-11-14(19(23)24-2)13-6-4-5-7-16(13)21/h4-11H,3H2,1-2H3. The van der Waals surface area contributed by atoms with E-state index in [4.69, 9.17) is 21.1 Å². The second kappa shape index (κ2) is 6.99. The molecule has 3 rings (SSSR count). The molecule has 0 N–H and O–H groups in total. The summed E-state index contributed by atoms with van der Waals surface area (Å²) in [6, 6.07) is 12.0. The van der Waals surface area contributed by atoms with E-state index in [2.05, 4.69) is 0 Å². The lowest BCUT2D eigenvalue weighted by atomic mass is 10.2. The molecule has 0 radical (unpaired) electrons. The summed E-state index contributed by atoms with van der Waals surface area (Å²) in [4.78, 5) is 24.9. The van der Waals surface area contributed by atoms with Crippen LogP contribution in [0.25, 0.3) is 10.9 Å². The third kappa shape index (κ3) is 3.10. The number of para-hydroxylation sites is 1. The summed E-state index contributed by atoms with van der Waals surface area (Å²) in [6.07, 6.45) is 1.49. The van der Waals surface area contributed by atoms with Crippen molar-refractivity contribution < 1.29 is 19.1 Å². The van der Waals surface area contributed by atoms with Gasteiger partial charge in [-0.3, -0.25) is 9.36 Å². The highest BCUT2D eigenvalue weighted by Crippen LogP contribution is 2.27. The molecule has 128 valence electrons. The number of halogens is 1. The van der Waals surface area contributed by atoms with Crippen LogP contribution in [0.5, 0.6) is 5.75 Å². The number of carbonyl (C=O) groups is 2. The average molecular weight is 358 g/mol. The number of fused-ring (bicyclic) bond motifs is 1. The number of aromatic nitrogens is 1. The van der Waals surface area contributed by atoms with E-state index < -0.39 is 5.97 Å². The van der Waals surface area contributed by atoms with Crippen LogP contribution in [0.4, 0.5) is 0 Å². The lowest BCUT2D eigenvalue weighted by Crippen LogP contribution is -2.11. The highest BCUT2D eigenvalue weighted by atomic mass is 35.5. The van der Waals surface area contributed by atoms with Crippen molar-refractivity contribution in [1.29, 1.82) is 0 Å². The van der Waals surface area contributed by atoms with Crippen molar-refractivity contribution in [1.82, 2.24) is 4.57 Å². The molecule has 6 heteroatoms. The molecule has 0 aliphatic carbocycles. The zero-order valence-electron chi connectivity index (χ0n) is 13.8. The number of benzene rings is 2. The summed E-state index contributed by atoms with van der Waals surface area (Å²) in [7, 11) is 1.31. The summed E-state index contributed by atoms with van der Waals surface area (Å²) in [5.41, 5.74) is 1.35. The van der Waals surface area contributed by atoms with Gasteiger partial charge in [0.25, 0.3) is 5.91 Å². The molecule has 1 aromatic heterocycles. The Labute approximate surface area is 149 Å². The van der Waals surface area contributed by atoms with Gasteiger partial charge in [0.1, 0.15) is 5.75 Å². The first-order valence-corrected chi connectivity index (χ1v) is 8.10. The molecule has 0 atom stereocenters. The van der Waals surface area contributed by atoms with E-state index in [1.54, 1.807) is 42.5 Å². The highest BCUT2D eigenvalue weighted by Gasteiger charge is 2.20. The Kier molecular flexibility index (Phi) is 4.76. The largest absolute Gasteiger partial charge is 0.492 e. The number of rotatable bonds is 4. The van der Waals surface area contributed by atoms with Crippen molar-refractivity contribution in [3.63, 3.8) is 0 Å². The zero-order valence-corrected chi connectivity index (χ0v) is 14.5. The fourth-order valence-electron chi connectivity index (χ4n) is 2.67. The summed E-state index contributed by atoms with van der Waals surface area (Å²) < 4.78 is 11.6. The molecular weight excluding hydrogens is 342 g/mol. The van der Waals surface area contributed by atoms with Crippen LogP contribution in [0.2, 0.25) is 5.02 Å². The van der Waals surface area contributed by atoms with Crippen LogP contribution in [-0.4, -0.2) is 30.2 Å². The molecule has 0 fully saturated rings. The van der Waals surface area contributed by atoms with E-state index in [1.807, 2.05) is 6.92 Å². The van der Waals surface area contributed by atoms with Gasteiger partial charge in [0.15, 0.2) is 0 Å². The molecule has 2 aromatic carbocycles. The maximum absolute atomic E-state index is 12.9. The lowest BCUT2D eigenvalue weighted by Gasteiger charge is -2.08. The maximum Gasteiger partial charge on any atom is 0.340 e. The van der Waals surface area contributed by atoms with E-state index in [0.29, 0.717) is 39.4 Å². The van der Waals surface area contributed by atoms with E-state index in [1.165, 1.54) is 17.9 Å². The van der Waals surface area contributed by atoms with Crippen LogP contribution >= 0.6 is 11.6 Å². The van der Waals surface area contributed by atoms with Crippen LogP contribution in [0, 0.1) is 0 Å². The number of esters is 1. The third-order valence-electron chi connectivity index (χ3n) is 3.81. The minimum absolute atomic E-state index is 0.295. The fraction of sp³-hybridized carbons (Fsp3) is 0.158. The molecule has 5 nitrogen and oxygen atoms in total. The molecule has 1 heterocycles. The van der Waals surface area contributed by atoms with Crippen molar-refractivity contribution in [2.24, 2.45) is 0 Å². The fourth-order valence-corrected chi connectivity index (χ4v) is 2.90. The second-order valence-corrected chi connectivity index (χ2v) is 5.71. The number of hydrogen-bond acceptors (Lipinski definition) is 4. The van der Waals surface area contributed by atoms with Gasteiger partial charge in [-0.15, -0.1) is 0 Å². The predicted octanol–water partition coefficient (Wildman–Crippen LogP) is 4.17. The van der Waals surface area contributed by atoms with Crippen LogP contribution in [0.15, 0.2) is 48.7 Å². The van der Waals surface area contributed by atoms with Gasteiger partial charge in [-0.25, -0.2) is 4.79 Å². The Balaban J connectivity index is 2.09. The molecular formula is C19H16ClNO4. The number of nitrogens with zero attached hydrogens (tertiary/aromatic N) is 1. The minimum atomic E-state index is -0.493. The Morgan fingerprint density at radius 2 is 1.92 bits per heavy atom. The van der Waals surface area contributed by atoms with Crippen molar-refractivity contribution in [3.05, 3.63) is 64.8 Å². The Morgan fingerprint density at radius 3 is 2.60 bits per heavy atom. The highest BCUT2D eigenvalue weighted by molar-refractivity contribution is 6.32. The quantitative estimate of drug-likeness (QED) is 0.657. The number of carbonyl (C=O) groups excluding carboxylic acids is 2. The van der Waals surface area contributed by atoms with Crippen molar-refractivity contribution in [2.75, 3.05) is 13.7 Å². The first kappa shape index (κ1) is 17.0. The molecule has 25 heavy (non-hydrogen) atoms. The molecule has 0 amide bonds. The monoisotopic (exact) mass is 357 g/mol. The molecule has 0 aliphatic heterocycles. The van der Waals surface area contributed by atoms with E-state index in [0.717, 1.165) is 0 Å². The smallest absolute Gasteiger partial charge is 0.340 e. The molecule has 0 spiro atoms. The lowest BCUT2D eigenvalue weighted by molar-refractivity contribution is 0.0603. The summed E-state index contributed by atoms with van der Waals surface area (Å²) >= 11 is 6.18. The van der Waals surface area contributed by atoms with Crippen molar-refractivity contribution >= 4 is 34.4 Å². The number of methoxy groups -OCH3 is 1. The molecule has 0 saturated heterocycles. The molecule has 0 aliphatic rings. The van der Waals surface area contributed by atoms with Gasteiger partial charge >= 0.3 is 5.97 Å². The zero-order chi connectivity index (χ0) is 18.0. The van der Waals surface area contributed by atoms with Crippen molar-refractivity contribution in [3.8, 4) is 5.75 Å². The number of ether oxygens (including phenoxy) is 2. The normalized spacial score (nSPS) is 10.7. The average Bonchev–Trinajstić information content (AvgIpc) is 3.02. The molecule has 0 saturated carbocycles. The SMILES string of the molecule is CCOc1ccc(C(=O)n2cc(C(=O)OC)c3ccccc32)cc1Cl. The van der Waals surface area contributed by atoms with E-state index in [-0.39, 0.29) is 5.91 Å². The van der Waals surface area contributed by atoms with Gasteiger partial charge < -0.3 is 9.47 Å². The van der Waals surface area contributed by atoms with Crippen LogP contribution < -0.4 is 4.74 Å². The summed E-state index contributed by atoms with van der Waals surface area (Å²) in [5, 5.41) is 1.01. The van der Waals surface area contributed by atoms with Crippen LogP contribution in [0.3, 0.4) is 0 Å². The first-order valence-electron chi connectivity index (χ1n) is 7.72. The Hall–Kier alpha value is -2.79. The second-order valence-electron chi connectivity index (χ2n) is 5.30. The van der Waals surface area contributed by atoms with Crippen LogP contribution in [0.1, 0.15) is 27.6 Å². The Morgan fingerprint density at radius 1 is 1.16 bits per heavy atom. The van der Waals surface area contributed by atoms with Gasteiger partial charge in [-0.05, 0) is 31.2 Å². The summed E-state index contributed by atoms with van der Waals surface area (Å²) in [6.45, 7) is 2.34. The summed E-state index contributed by atoms with van der Waals surface area (Å²) in [5.74, 6) is -0.267. The third-order valence-corrected chi connectivity index (χ3v) is 4.11. The van der Waals surface area contributed by atoms with Gasteiger partial charge in [0, 0.05) is 17.1 Å². The predicted molar refractivity (Wildman–Crippen MR) is 95.6 cm³/mol. The number of hydrogen-bond donors (Lipinski definition) is 0. The maximum atomic E-state index is 12.9. The minimum Gasteiger partial charge on any atom is -0.492 e. The molecule has 3 aromatic rings. The molecule has 0 unspecified atom stereocenters. The van der Waals surface area contributed by atoms with E-state index in [9.17, 15) is 9.59 Å². The van der Waals surface area contributed by atoms with Gasteiger partial charge in [-0.2, -0.15) is 0 Å².